The molecule has 1 amide bonds. The number of aromatic nitrogens is 2. The molecule has 0 aliphatic carbocycles. The number of nitrogens with zero attached hydrogens (tertiary/aromatic N) is 2. The Morgan fingerprint density at radius 3 is 2.93 bits per heavy atom. The number of unbranched alkanes of at least 4 members (excludes halogenated alkanes) is 1. The fraction of sp³-hybridized carbons (Fsp3) is 0.316. The van der Waals surface area contributed by atoms with Crippen molar-refractivity contribution in [3.05, 3.63) is 51.4 Å². The van der Waals surface area contributed by atoms with Crippen molar-refractivity contribution in [3.8, 4) is 5.69 Å². The highest BCUT2D eigenvalue weighted by molar-refractivity contribution is 7.99. The number of carbonyl (C=O) groups is 1. The second-order valence-corrected chi connectivity index (χ2v) is 7.95. The lowest BCUT2D eigenvalue weighted by molar-refractivity contribution is -0.118. The summed E-state index contributed by atoms with van der Waals surface area (Å²) in [6, 6.07) is 6.05. The molecule has 142 valence electrons. The van der Waals surface area contributed by atoms with E-state index in [9.17, 15) is 14.0 Å². The number of nitrogens with one attached hydrogen (secondary N) is 1. The van der Waals surface area contributed by atoms with Crippen LogP contribution < -0.4 is 10.9 Å². The molecule has 0 spiro atoms. The van der Waals surface area contributed by atoms with Gasteiger partial charge < -0.3 is 5.32 Å². The summed E-state index contributed by atoms with van der Waals surface area (Å²) in [5.74, 6) is -0.305. The molecule has 0 fully saturated rings. The first-order valence-corrected chi connectivity index (χ1v) is 10.5. The van der Waals surface area contributed by atoms with Crippen LogP contribution in [0.1, 0.15) is 25.3 Å². The molecule has 27 heavy (non-hydrogen) atoms. The summed E-state index contributed by atoms with van der Waals surface area (Å²) in [6.45, 7) is 4.44. The van der Waals surface area contributed by atoms with Crippen LogP contribution in [0.15, 0.2) is 39.6 Å². The summed E-state index contributed by atoms with van der Waals surface area (Å²) < 4.78 is 15.5. The third kappa shape index (κ3) is 4.39. The van der Waals surface area contributed by atoms with E-state index in [2.05, 4.69) is 17.2 Å². The van der Waals surface area contributed by atoms with E-state index in [1.165, 1.54) is 39.8 Å². The molecule has 0 unspecified atom stereocenters. The Kier molecular flexibility index (Phi) is 6.28. The minimum atomic E-state index is -0.362. The lowest BCUT2D eigenvalue weighted by Gasteiger charge is -2.14. The topological polar surface area (TPSA) is 64.0 Å². The van der Waals surface area contributed by atoms with Gasteiger partial charge in [0.2, 0.25) is 5.91 Å². The lowest BCUT2D eigenvalue weighted by atomic mass is 10.2. The molecular formula is C19H20FN3O2S2. The molecule has 2 aromatic heterocycles. The number of thiophene rings is 1. The molecule has 0 atom stereocenters. The Morgan fingerprint density at radius 1 is 1.37 bits per heavy atom. The van der Waals surface area contributed by atoms with Crippen LogP contribution in [0.5, 0.6) is 0 Å². The van der Waals surface area contributed by atoms with Gasteiger partial charge >= 0.3 is 0 Å². The fourth-order valence-electron chi connectivity index (χ4n) is 2.66. The second kappa shape index (κ2) is 8.67. The zero-order valence-corrected chi connectivity index (χ0v) is 16.8. The average Bonchev–Trinajstić information content (AvgIpc) is 3.10. The van der Waals surface area contributed by atoms with E-state index >= 15 is 0 Å². The van der Waals surface area contributed by atoms with E-state index in [0.717, 1.165) is 12.8 Å². The van der Waals surface area contributed by atoms with Crippen LogP contribution in [-0.4, -0.2) is 27.8 Å². The van der Waals surface area contributed by atoms with E-state index in [0.29, 0.717) is 33.2 Å². The van der Waals surface area contributed by atoms with Crippen molar-refractivity contribution in [3.63, 3.8) is 0 Å². The number of thioether (sulfide) groups is 1. The second-order valence-electron chi connectivity index (χ2n) is 6.09. The van der Waals surface area contributed by atoms with Crippen molar-refractivity contribution in [1.29, 1.82) is 0 Å². The van der Waals surface area contributed by atoms with E-state index in [1.807, 2.05) is 5.38 Å². The van der Waals surface area contributed by atoms with E-state index in [1.54, 1.807) is 19.1 Å². The first-order chi connectivity index (χ1) is 13.0. The molecule has 3 rings (SSSR count). The molecule has 2 heterocycles. The first-order valence-electron chi connectivity index (χ1n) is 8.67. The normalized spacial score (nSPS) is 11.1. The number of hydrogen-bond acceptors (Lipinski definition) is 5. The van der Waals surface area contributed by atoms with Crippen molar-refractivity contribution in [1.82, 2.24) is 14.9 Å². The highest BCUT2D eigenvalue weighted by atomic mass is 32.2. The summed E-state index contributed by atoms with van der Waals surface area (Å²) in [4.78, 5) is 29.7. The van der Waals surface area contributed by atoms with Crippen molar-refractivity contribution in [2.24, 2.45) is 0 Å². The number of aryl methyl sites for hydroxylation is 1. The summed E-state index contributed by atoms with van der Waals surface area (Å²) >= 11 is 2.52. The smallest absolute Gasteiger partial charge is 0.276 e. The first kappa shape index (κ1) is 19.6. The summed E-state index contributed by atoms with van der Waals surface area (Å²) in [6.07, 6.45) is 1.93. The number of hydrogen-bond donors (Lipinski definition) is 1. The molecule has 3 aromatic rings. The van der Waals surface area contributed by atoms with E-state index < -0.39 is 0 Å². The fourth-order valence-corrected chi connectivity index (χ4v) is 4.25. The Labute approximate surface area is 164 Å². The molecule has 0 radical (unpaired) electrons. The Balaban J connectivity index is 1.98. The van der Waals surface area contributed by atoms with Crippen LogP contribution in [0.25, 0.3) is 15.9 Å². The number of rotatable bonds is 7. The maximum Gasteiger partial charge on any atom is 0.276 e. The van der Waals surface area contributed by atoms with Crippen LogP contribution in [0, 0.1) is 12.7 Å². The third-order valence-corrected chi connectivity index (χ3v) is 5.86. The molecule has 0 saturated heterocycles. The third-order valence-electron chi connectivity index (χ3n) is 4.03. The maximum atomic E-state index is 13.5. The summed E-state index contributed by atoms with van der Waals surface area (Å²) in [5, 5.41) is 5.09. The molecular weight excluding hydrogens is 385 g/mol. The number of fused-ring (bicyclic) bond motifs is 1. The monoisotopic (exact) mass is 405 g/mol. The van der Waals surface area contributed by atoms with Gasteiger partial charge in [-0.05, 0) is 48.6 Å². The zero-order chi connectivity index (χ0) is 19.4. The van der Waals surface area contributed by atoms with Gasteiger partial charge in [0.1, 0.15) is 10.5 Å². The molecule has 0 aliphatic rings. The molecule has 0 saturated carbocycles. The predicted octanol–water partition coefficient (Wildman–Crippen LogP) is 3.90. The van der Waals surface area contributed by atoms with Gasteiger partial charge in [-0.3, -0.25) is 14.2 Å². The highest BCUT2D eigenvalue weighted by Crippen LogP contribution is 2.25. The maximum absolute atomic E-state index is 13.5. The molecule has 0 bridgehead atoms. The minimum Gasteiger partial charge on any atom is -0.355 e. The van der Waals surface area contributed by atoms with Crippen molar-refractivity contribution in [2.45, 2.75) is 31.8 Å². The van der Waals surface area contributed by atoms with Crippen LogP contribution in [0.3, 0.4) is 0 Å². The minimum absolute atomic E-state index is 0.101. The van der Waals surface area contributed by atoms with Crippen LogP contribution in [-0.2, 0) is 4.79 Å². The molecule has 5 nitrogen and oxygen atoms in total. The summed E-state index contributed by atoms with van der Waals surface area (Å²) in [5.41, 5.74) is 1.59. The lowest BCUT2D eigenvalue weighted by Crippen LogP contribution is -2.27. The Bertz CT molecular complexity index is 1030. The number of benzene rings is 1. The SMILES string of the molecule is CCCCNC(=O)CSc1nc2ccsc2c(=O)n1-c1ccc(F)cc1C. The quantitative estimate of drug-likeness (QED) is 0.368. The van der Waals surface area contributed by atoms with Crippen molar-refractivity contribution >= 4 is 39.2 Å². The Morgan fingerprint density at radius 2 is 2.19 bits per heavy atom. The van der Waals surface area contributed by atoms with Gasteiger partial charge in [-0.1, -0.05) is 25.1 Å². The van der Waals surface area contributed by atoms with Gasteiger partial charge in [0.25, 0.3) is 5.56 Å². The van der Waals surface area contributed by atoms with Crippen molar-refractivity contribution in [2.75, 3.05) is 12.3 Å². The van der Waals surface area contributed by atoms with Gasteiger partial charge in [-0.2, -0.15) is 0 Å². The Hall–Kier alpha value is -2.19. The molecule has 1 N–H and O–H groups in total. The molecule has 1 aromatic carbocycles. The van der Waals surface area contributed by atoms with Gasteiger partial charge in [-0.15, -0.1) is 11.3 Å². The molecule has 0 aliphatic heterocycles. The standard InChI is InChI=1S/C19H20FN3O2S2/c1-3-4-8-21-16(24)11-27-19-22-14-7-9-26-17(14)18(25)23(19)15-6-5-13(20)10-12(15)2/h5-7,9-10H,3-4,8,11H2,1-2H3,(H,21,24). The predicted molar refractivity (Wildman–Crippen MR) is 109 cm³/mol. The molecule has 8 heteroatoms. The highest BCUT2D eigenvalue weighted by Gasteiger charge is 2.17. The van der Waals surface area contributed by atoms with Crippen LogP contribution in [0.2, 0.25) is 0 Å². The van der Waals surface area contributed by atoms with Gasteiger partial charge in [0.15, 0.2) is 5.16 Å². The number of carbonyl (C=O) groups excluding carboxylic acids is 1. The average molecular weight is 406 g/mol. The van der Waals surface area contributed by atoms with Gasteiger partial charge in [0.05, 0.1) is 17.0 Å². The van der Waals surface area contributed by atoms with Gasteiger partial charge in [0, 0.05) is 6.54 Å². The van der Waals surface area contributed by atoms with Crippen LogP contribution in [0.4, 0.5) is 4.39 Å². The van der Waals surface area contributed by atoms with Crippen molar-refractivity contribution < 1.29 is 9.18 Å². The summed E-state index contributed by atoms with van der Waals surface area (Å²) in [7, 11) is 0. The van der Waals surface area contributed by atoms with Gasteiger partial charge in [-0.25, -0.2) is 9.37 Å². The zero-order valence-electron chi connectivity index (χ0n) is 15.1. The number of amides is 1. The van der Waals surface area contributed by atoms with E-state index in [4.69, 9.17) is 0 Å². The number of halogens is 1. The van der Waals surface area contributed by atoms with E-state index in [-0.39, 0.29) is 23.0 Å². The van der Waals surface area contributed by atoms with Crippen LogP contribution >= 0.6 is 23.1 Å². The largest absolute Gasteiger partial charge is 0.355 e.